The summed E-state index contributed by atoms with van der Waals surface area (Å²) in [7, 11) is 1.48. The average molecular weight is 407 g/mol. The van der Waals surface area contributed by atoms with E-state index in [2.05, 4.69) is 0 Å². The number of rotatable bonds is 9. The number of likely N-dealkylation sites (N-methyl/N-ethyl adjacent to an activating group) is 1. The van der Waals surface area contributed by atoms with Gasteiger partial charge in [0.2, 0.25) is 5.91 Å². The number of benzene rings is 2. The zero-order valence-corrected chi connectivity index (χ0v) is 17.4. The Morgan fingerprint density at radius 2 is 1.50 bits per heavy atom. The van der Waals surface area contributed by atoms with Crippen LogP contribution in [0.4, 0.5) is 0 Å². The molecule has 0 heterocycles. The Morgan fingerprint density at radius 1 is 0.929 bits per heavy atom. The molecule has 0 atom stereocenters. The minimum absolute atomic E-state index is 0.00994. The van der Waals surface area contributed by atoms with Crippen molar-refractivity contribution in [3.63, 3.8) is 0 Å². The van der Waals surface area contributed by atoms with Gasteiger partial charge in [-0.3, -0.25) is 4.79 Å². The zero-order valence-electron chi connectivity index (χ0n) is 16.6. The van der Waals surface area contributed by atoms with Crippen LogP contribution in [0.15, 0.2) is 53.4 Å². The molecule has 0 aliphatic heterocycles. The van der Waals surface area contributed by atoms with Crippen molar-refractivity contribution in [1.29, 1.82) is 0 Å². The molecule has 152 valence electrons. The summed E-state index contributed by atoms with van der Waals surface area (Å²) >= 11 is 0. The summed E-state index contributed by atoms with van der Waals surface area (Å²) in [6.45, 7) is 3.37. The smallest absolute Gasteiger partial charge is 0.339 e. The maximum absolute atomic E-state index is 12.4. The number of hydrogen-bond acceptors (Lipinski definition) is 6. The van der Waals surface area contributed by atoms with Gasteiger partial charge in [-0.25, -0.2) is 0 Å². The Morgan fingerprint density at radius 3 is 2.00 bits per heavy atom. The molecule has 0 saturated carbocycles. The molecule has 2 aromatic rings. The highest BCUT2D eigenvalue weighted by Gasteiger charge is 2.17. The second kappa shape index (κ2) is 9.57. The highest BCUT2D eigenvalue weighted by Crippen LogP contribution is 2.21. The summed E-state index contributed by atoms with van der Waals surface area (Å²) in [4.78, 5) is 15.6. The first-order chi connectivity index (χ1) is 13.2. The van der Waals surface area contributed by atoms with E-state index < -0.39 is 10.1 Å². The molecule has 8 heteroatoms. The number of carbonyl (C=O) groups is 1. The first-order valence-corrected chi connectivity index (χ1v) is 10.2. The molecule has 0 aromatic heterocycles. The molecular formula is C20H26N2O5S. The third kappa shape index (κ3) is 6.24. The Bertz CT molecular complexity index is 878. The van der Waals surface area contributed by atoms with Crippen LogP contribution < -0.4 is 8.92 Å². The first-order valence-electron chi connectivity index (χ1n) is 8.79. The summed E-state index contributed by atoms with van der Waals surface area (Å²) in [5.74, 6) is 0.763. The first kappa shape index (κ1) is 21.7. The second-order valence-electron chi connectivity index (χ2n) is 6.60. The number of ether oxygens (including phenoxy) is 1. The highest BCUT2D eigenvalue weighted by molar-refractivity contribution is 7.87. The van der Waals surface area contributed by atoms with Crippen molar-refractivity contribution >= 4 is 16.0 Å². The number of carbonyl (C=O) groups excluding carboxylic acids is 1. The van der Waals surface area contributed by atoms with Crippen molar-refractivity contribution < 1.29 is 22.1 Å². The number of hydrogen-bond donors (Lipinski definition) is 0. The third-order valence-corrected chi connectivity index (χ3v) is 5.37. The maximum Gasteiger partial charge on any atom is 0.339 e. The molecule has 1 amide bonds. The van der Waals surface area contributed by atoms with Gasteiger partial charge in [0.1, 0.15) is 16.4 Å². The maximum atomic E-state index is 12.4. The summed E-state index contributed by atoms with van der Waals surface area (Å²) < 4.78 is 35.0. The fourth-order valence-electron chi connectivity index (χ4n) is 2.46. The monoisotopic (exact) mass is 406 g/mol. The van der Waals surface area contributed by atoms with Crippen LogP contribution in [0.25, 0.3) is 0 Å². The van der Waals surface area contributed by atoms with E-state index in [9.17, 15) is 13.2 Å². The normalized spacial score (nSPS) is 11.3. The lowest BCUT2D eigenvalue weighted by atomic mass is 10.2. The van der Waals surface area contributed by atoms with E-state index in [1.165, 1.54) is 26.2 Å². The van der Waals surface area contributed by atoms with E-state index >= 15 is 0 Å². The molecule has 0 aliphatic rings. The lowest BCUT2D eigenvalue weighted by Crippen LogP contribution is -2.34. The molecule has 2 rings (SSSR count). The van der Waals surface area contributed by atoms with Crippen molar-refractivity contribution in [3.05, 3.63) is 54.1 Å². The third-order valence-electron chi connectivity index (χ3n) is 4.11. The number of amides is 1. The van der Waals surface area contributed by atoms with Crippen molar-refractivity contribution in [2.45, 2.75) is 18.4 Å². The van der Waals surface area contributed by atoms with E-state index in [0.29, 0.717) is 18.8 Å². The number of methoxy groups -OCH3 is 1. The summed E-state index contributed by atoms with van der Waals surface area (Å²) in [6.07, 6.45) is 0. The SMILES string of the molecule is COc1ccc(S(=O)(=O)Oc2ccc(CN(CCN(C)C)C(C)=O)cc2)cc1. The standard InChI is InChI=1S/C20H26N2O5S/c1-16(23)22(14-13-21(2)3)15-17-5-7-19(8-6-17)27-28(24,25)20-11-9-18(26-4)10-12-20/h5-12H,13-15H2,1-4H3. The van der Waals surface area contributed by atoms with Gasteiger partial charge in [-0.2, -0.15) is 8.42 Å². The van der Waals surface area contributed by atoms with Gasteiger partial charge in [-0.15, -0.1) is 0 Å². The van der Waals surface area contributed by atoms with Crippen molar-refractivity contribution in [3.8, 4) is 11.5 Å². The Hall–Kier alpha value is -2.58. The summed E-state index contributed by atoms with van der Waals surface area (Å²) in [5.41, 5.74) is 0.892. The largest absolute Gasteiger partial charge is 0.497 e. The van der Waals surface area contributed by atoms with Crippen molar-refractivity contribution in [2.75, 3.05) is 34.3 Å². The quantitative estimate of drug-likeness (QED) is 0.595. The summed E-state index contributed by atoms with van der Waals surface area (Å²) in [6, 6.07) is 12.7. The number of nitrogens with zero attached hydrogens (tertiary/aromatic N) is 2. The van der Waals surface area contributed by atoms with Crippen LogP contribution in [0.1, 0.15) is 12.5 Å². The van der Waals surface area contributed by atoms with Gasteiger partial charge in [0.15, 0.2) is 0 Å². The Labute approximate surface area is 166 Å². The second-order valence-corrected chi connectivity index (χ2v) is 8.15. The van der Waals surface area contributed by atoms with Gasteiger partial charge in [0.05, 0.1) is 7.11 Å². The van der Waals surface area contributed by atoms with E-state index in [-0.39, 0.29) is 16.6 Å². The average Bonchev–Trinajstić information content (AvgIpc) is 2.66. The van der Waals surface area contributed by atoms with Gasteiger partial charge in [-0.05, 0) is 56.1 Å². The molecule has 0 N–H and O–H groups in total. The van der Waals surface area contributed by atoms with Gasteiger partial charge < -0.3 is 18.7 Å². The van der Waals surface area contributed by atoms with Gasteiger partial charge in [0.25, 0.3) is 0 Å². The zero-order chi connectivity index (χ0) is 20.7. The van der Waals surface area contributed by atoms with Crippen LogP contribution in [0.3, 0.4) is 0 Å². The van der Waals surface area contributed by atoms with Crippen molar-refractivity contribution in [1.82, 2.24) is 9.80 Å². The van der Waals surface area contributed by atoms with E-state index in [1.54, 1.807) is 41.3 Å². The molecule has 28 heavy (non-hydrogen) atoms. The predicted molar refractivity (Wildman–Crippen MR) is 107 cm³/mol. The van der Waals surface area contributed by atoms with E-state index in [0.717, 1.165) is 12.1 Å². The van der Waals surface area contributed by atoms with Crippen LogP contribution in [-0.4, -0.2) is 58.4 Å². The molecule has 0 unspecified atom stereocenters. The van der Waals surface area contributed by atoms with Crippen LogP contribution in [0, 0.1) is 0 Å². The molecule has 0 bridgehead atoms. The minimum Gasteiger partial charge on any atom is -0.497 e. The molecule has 2 aromatic carbocycles. The van der Waals surface area contributed by atoms with Crippen molar-refractivity contribution in [2.24, 2.45) is 0 Å². The Kier molecular flexibility index (Phi) is 7.42. The van der Waals surface area contributed by atoms with Crippen LogP contribution >= 0.6 is 0 Å². The van der Waals surface area contributed by atoms with Gasteiger partial charge in [0, 0.05) is 26.6 Å². The van der Waals surface area contributed by atoms with E-state index in [4.69, 9.17) is 8.92 Å². The molecule has 0 radical (unpaired) electrons. The van der Waals surface area contributed by atoms with E-state index in [1.807, 2.05) is 19.0 Å². The fraction of sp³-hybridized carbons (Fsp3) is 0.350. The minimum atomic E-state index is -3.93. The van der Waals surface area contributed by atoms with Gasteiger partial charge >= 0.3 is 10.1 Å². The molecule has 0 aliphatic carbocycles. The van der Waals surface area contributed by atoms with Crippen LogP contribution in [-0.2, 0) is 21.5 Å². The topological polar surface area (TPSA) is 76.2 Å². The van der Waals surface area contributed by atoms with Crippen LogP contribution in [0.2, 0.25) is 0 Å². The summed E-state index contributed by atoms with van der Waals surface area (Å²) in [5, 5.41) is 0. The molecule has 0 fully saturated rings. The fourth-order valence-corrected chi connectivity index (χ4v) is 3.39. The Balaban J connectivity index is 2.05. The van der Waals surface area contributed by atoms with Gasteiger partial charge in [-0.1, -0.05) is 12.1 Å². The predicted octanol–water partition coefficient (Wildman–Crippen LogP) is 2.37. The molecule has 0 spiro atoms. The van der Waals surface area contributed by atoms with Crippen LogP contribution in [0.5, 0.6) is 11.5 Å². The molecule has 0 saturated heterocycles. The lowest BCUT2D eigenvalue weighted by molar-refractivity contribution is -0.129. The molecule has 7 nitrogen and oxygen atoms in total. The molecular weight excluding hydrogens is 380 g/mol. The highest BCUT2D eigenvalue weighted by atomic mass is 32.2. The lowest BCUT2D eigenvalue weighted by Gasteiger charge is -2.23.